The van der Waals surface area contributed by atoms with Gasteiger partial charge in [-0.3, -0.25) is 14.7 Å². The van der Waals surface area contributed by atoms with E-state index in [2.05, 4.69) is 22.0 Å². The molecule has 3 rings (SSSR count). The largest absolute Gasteiger partial charge is 0.340 e. The standard InChI is InChI=1S/C21H24N4O/c1-24(15-18-9-7-17(13-22)8-10-18)21(26)20-6-2-3-12-25(20)16-19-5-4-11-23-14-19/h4-5,7-11,14,20H,2-3,6,12,15-16H2,1H3/t20-/m1/s1. The molecule has 0 spiro atoms. The summed E-state index contributed by atoms with van der Waals surface area (Å²) in [4.78, 5) is 21.3. The molecule has 5 nitrogen and oxygen atoms in total. The van der Waals surface area contributed by atoms with E-state index in [4.69, 9.17) is 5.26 Å². The highest BCUT2D eigenvalue weighted by Crippen LogP contribution is 2.21. The Kier molecular flexibility index (Phi) is 5.98. The fraction of sp³-hybridized carbons (Fsp3) is 0.381. The van der Waals surface area contributed by atoms with Gasteiger partial charge in [0.15, 0.2) is 0 Å². The van der Waals surface area contributed by atoms with Gasteiger partial charge < -0.3 is 4.90 Å². The van der Waals surface area contributed by atoms with Gasteiger partial charge in [0, 0.05) is 32.5 Å². The maximum absolute atomic E-state index is 13.0. The van der Waals surface area contributed by atoms with Gasteiger partial charge in [-0.05, 0) is 48.7 Å². The van der Waals surface area contributed by atoms with Crippen LogP contribution in [-0.2, 0) is 17.9 Å². The lowest BCUT2D eigenvalue weighted by molar-refractivity contribution is -0.137. The molecule has 5 heteroatoms. The topological polar surface area (TPSA) is 60.2 Å². The fourth-order valence-electron chi connectivity index (χ4n) is 3.48. The Balaban J connectivity index is 1.66. The van der Waals surface area contributed by atoms with E-state index in [0.717, 1.165) is 43.5 Å². The minimum absolute atomic E-state index is 0.0765. The van der Waals surface area contributed by atoms with E-state index in [1.807, 2.05) is 31.4 Å². The number of likely N-dealkylation sites (tertiary alicyclic amines) is 1. The molecule has 0 bridgehead atoms. The predicted octanol–water partition coefficient (Wildman–Crippen LogP) is 2.97. The highest BCUT2D eigenvalue weighted by Gasteiger charge is 2.30. The summed E-state index contributed by atoms with van der Waals surface area (Å²) in [6.45, 7) is 2.26. The normalized spacial score (nSPS) is 17.5. The number of benzene rings is 1. The molecule has 1 aromatic carbocycles. The van der Waals surface area contributed by atoms with Crippen molar-refractivity contribution in [2.75, 3.05) is 13.6 Å². The molecule has 0 unspecified atom stereocenters. The van der Waals surface area contributed by atoms with Crippen molar-refractivity contribution >= 4 is 5.91 Å². The minimum Gasteiger partial charge on any atom is -0.340 e. The molecule has 26 heavy (non-hydrogen) atoms. The van der Waals surface area contributed by atoms with Crippen molar-refractivity contribution in [2.45, 2.75) is 38.4 Å². The Bertz CT molecular complexity index is 767. The monoisotopic (exact) mass is 348 g/mol. The maximum atomic E-state index is 13.0. The van der Waals surface area contributed by atoms with Crippen LogP contribution in [0.2, 0.25) is 0 Å². The molecule has 1 aromatic heterocycles. The molecule has 0 radical (unpaired) electrons. The summed E-state index contributed by atoms with van der Waals surface area (Å²) >= 11 is 0. The molecule has 1 atom stereocenters. The van der Waals surface area contributed by atoms with Crippen molar-refractivity contribution in [3.8, 4) is 6.07 Å². The molecule has 1 saturated heterocycles. The first-order valence-corrected chi connectivity index (χ1v) is 9.04. The zero-order chi connectivity index (χ0) is 18.4. The second-order valence-electron chi connectivity index (χ2n) is 6.85. The van der Waals surface area contributed by atoms with E-state index in [0.29, 0.717) is 12.1 Å². The van der Waals surface area contributed by atoms with Gasteiger partial charge in [-0.25, -0.2) is 0 Å². The first-order valence-electron chi connectivity index (χ1n) is 9.04. The molecule has 134 valence electrons. The summed E-state index contributed by atoms with van der Waals surface area (Å²) in [5.41, 5.74) is 2.81. The number of rotatable bonds is 5. The summed E-state index contributed by atoms with van der Waals surface area (Å²) < 4.78 is 0. The highest BCUT2D eigenvalue weighted by molar-refractivity contribution is 5.81. The van der Waals surface area contributed by atoms with Crippen LogP contribution in [-0.4, -0.2) is 40.3 Å². The smallest absolute Gasteiger partial charge is 0.239 e. The van der Waals surface area contributed by atoms with Gasteiger partial charge in [-0.15, -0.1) is 0 Å². The number of nitrogens with zero attached hydrogens (tertiary/aromatic N) is 4. The molecule has 0 N–H and O–H groups in total. The van der Waals surface area contributed by atoms with Crippen molar-refractivity contribution < 1.29 is 4.79 Å². The number of likely N-dealkylation sites (N-methyl/N-ethyl adjacent to an activating group) is 1. The SMILES string of the molecule is CN(Cc1ccc(C#N)cc1)C(=O)[C@H]1CCCCN1Cc1cccnc1. The zero-order valence-electron chi connectivity index (χ0n) is 15.1. The average molecular weight is 348 g/mol. The van der Waals surface area contributed by atoms with Crippen molar-refractivity contribution in [3.05, 3.63) is 65.5 Å². The Morgan fingerprint density at radius 2 is 2.08 bits per heavy atom. The summed E-state index contributed by atoms with van der Waals surface area (Å²) in [6, 6.07) is 13.5. The molecular weight excluding hydrogens is 324 g/mol. The lowest BCUT2D eigenvalue weighted by Gasteiger charge is -2.36. The van der Waals surface area contributed by atoms with Crippen LogP contribution in [0.1, 0.15) is 36.0 Å². The first-order chi connectivity index (χ1) is 12.7. The quantitative estimate of drug-likeness (QED) is 0.833. The fourth-order valence-corrected chi connectivity index (χ4v) is 3.48. The lowest BCUT2D eigenvalue weighted by atomic mass is 10.00. The number of amides is 1. The number of nitriles is 1. The van der Waals surface area contributed by atoms with Gasteiger partial charge in [0.2, 0.25) is 5.91 Å². The highest BCUT2D eigenvalue weighted by atomic mass is 16.2. The van der Waals surface area contributed by atoms with Crippen molar-refractivity contribution in [1.29, 1.82) is 5.26 Å². The van der Waals surface area contributed by atoms with Gasteiger partial charge in [-0.1, -0.05) is 24.6 Å². The van der Waals surface area contributed by atoms with Crippen LogP contribution in [0, 0.1) is 11.3 Å². The number of hydrogen-bond donors (Lipinski definition) is 0. The van der Waals surface area contributed by atoms with Crippen LogP contribution in [0.4, 0.5) is 0 Å². The molecule has 2 heterocycles. The predicted molar refractivity (Wildman–Crippen MR) is 99.9 cm³/mol. The molecule has 1 aliphatic rings. The second kappa shape index (κ2) is 8.59. The lowest BCUT2D eigenvalue weighted by Crippen LogP contribution is -2.49. The molecule has 0 aliphatic carbocycles. The van der Waals surface area contributed by atoms with Crippen LogP contribution in [0.25, 0.3) is 0 Å². The van der Waals surface area contributed by atoms with Crippen molar-refractivity contribution in [3.63, 3.8) is 0 Å². The number of carbonyl (C=O) groups excluding carboxylic acids is 1. The van der Waals surface area contributed by atoms with Gasteiger partial charge in [0.1, 0.15) is 0 Å². The van der Waals surface area contributed by atoms with Crippen molar-refractivity contribution in [2.24, 2.45) is 0 Å². The maximum Gasteiger partial charge on any atom is 0.239 e. The Morgan fingerprint density at radius 1 is 1.27 bits per heavy atom. The zero-order valence-corrected chi connectivity index (χ0v) is 15.1. The summed E-state index contributed by atoms with van der Waals surface area (Å²) in [6.07, 6.45) is 6.76. The van der Waals surface area contributed by atoms with Crippen LogP contribution < -0.4 is 0 Å². The van der Waals surface area contributed by atoms with E-state index >= 15 is 0 Å². The summed E-state index contributed by atoms with van der Waals surface area (Å²) in [5, 5.41) is 8.89. The van der Waals surface area contributed by atoms with Gasteiger partial charge in [0.05, 0.1) is 17.7 Å². The molecule has 2 aromatic rings. The van der Waals surface area contributed by atoms with Crippen LogP contribution in [0.3, 0.4) is 0 Å². The van der Waals surface area contributed by atoms with E-state index in [-0.39, 0.29) is 11.9 Å². The number of carbonyl (C=O) groups is 1. The Morgan fingerprint density at radius 3 is 2.77 bits per heavy atom. The number of aromatic nitrogens is 1. The molecule has 1 fully saturated rings. The van der Waals surface area contributed by atoms with E-state index in [1.165, 1.54) is 0 Å². The van der Waals surface area contributed by atoms with E-state index in [1.54, 1.807) is 23.2 Å². The Labute approximate surface area is 154 Å². The van der Waals surface area contributed by atoms with Crippen LogP contribution in [0.15, 0.2) is 48.8 Å². The molecule has 1 aliphatic heterocycles. The number of pyridine rings is 1. The molecule has 0 saturated carbocycles. The number of hydrogen-bond acceptors (Lipinski definition) is 4. The van der Waals surface area contributed by atoms with Gasteiger partial charge >= 0.3 is 0 Å². The average Bonchev–Trinajstić information content (AvgIpc) is 2.69. The van der Waals surface area contributed by atoms with Crippen molar-refractivity contribution in [1.82, 2.24) is 14.8 Å². The van der Waals surface area contributed by atoms with E-state index in [9.17, 15) is 4.79 Å². The summed E-state index contributed by atoms with van der Waals surface area (Å²) in [5.74, 6) is 0.165. The van der Waals surface area contributed by atoms with Crippen LogP contribution >= 0.6 is 0 Å². The van der Waals surface area contributed by atoms with Crippen LogP contribution in [0.5, 0.6) is 0 Å². The minimum atomic E-state index is -0.0765. The molecule has 1 amide bonds. The number of piperidine rings is 1. The Hall–Kier alpha value is -2.71. The first kappa shape index (κ1) is 18.1. The molecular formula is C21H24N4O. The second-order valence-corrected chi connectivity index (χ2v) is 6.85. The van der Waals surface area contributed by atoms with Gasteiger partial charge in [0.25, 0.3) is 0 Å². The van der Waals surface area contributed by atoms with Gasteiger partial charge in [-0.2, -0.15) is 5.26 Å². The third-order valence-electron chi connectivity index (χ3n) is 4.89. The summed E-state index contributed by atoms with van der Waals surface area (Å²) in [7, 11) is 1.86. The third-order valence-corrected chi connectivity index (χ3v) is 4.89. The van der Waals surface area contributed by atoms with E-state index < -0.39 is 0 Å². The third kappa shape index (κ3) is 4.47.